The summed E-state index contributed by atoms with van der Waals surface area (Å²) in [6.07, 6.45) is 6.41. The van der Waals surface area contributed by atoms with E-state index < -0.39 is 20.3 Å². The predicted molar refractivity (Wildman–Crippen MR) is 139 cm³/mol. The van der Waals surface area contributed by atoms with E-state index in [1.165, 1.54) is 18.2 Å². The second kappa shape index (κ2) is 10.8. The molecule has 4 heterocycles. The first-order valence-corrected chi connectivity index (χ1v) is 13.3. The first kappa shape index (κ1) is 26.4. The number of piperazine rings is 1. The molecule has 0 spiro atoms. The van der Waals surface area contributed by atoms with Crippen LogP contribution in [-0.2, 0) is 14.8 Å². The van der Waals surface area contributed by atoms with Crippen LogP contribution in [0.25, 0.3) is 11.0 Å². The van der Waals surface area contributed by atoms with Crippen LogP contribution in [-0.4, -0.2) is 67.8 Å². The van der Waals surface area contributed by atoms with Gasteiger partial charge in [-0.15, -0.1) is 12.4 Å². The van der Waals surface area contributed by atoms with Gasteiger partial charge >= 0.3 is 0 Å². The van der Waals surface area contributed by atoms with Crippen LogP contribution in [0.1, 0.15) is 12.8 Å². The van der Waals surface area contributed by atoms with Crippen LogP contribution in [0.4, 0.5) is 5.69 Å². The van der Waals surface area contributed by atoms with Gasteiger partial charge in [0, 0.05) is 61.9 Å². The minimum atomic E-state index is -4.19. The van der Waals surface area contributed by atoms with Crippen molar-refractivity contribution in [3.8, 4) is 0 Å². The molecule has 2 aliphatic rings. The number of halogens is 2. The molecule has 0 radical (unpaired) electrons. The molecule has 2 saturated heterocycles. The molecule has 0 saturated carbocycles. The Kier molecular flexibility index (Phi) is 7.89. The quantitative estimate of drug-likeness (QED) is 0.479. The van der Waals surface area contributed by atoms with Crippen LogP contribution in [0.2, 0.25) is 5.02 Å². The number of nitrogens with zero attached hydrogens (tertiary/aromatic N) is 4. The topological polar surface area (TPSA) is 104 Å². The number of benzene rings is 1. The summed E-state index contributed by atoms with van der Waals surface area (Å²) in [5.41, 5.74) is 0.686. The van der Waals surface area contributed by atoms with Gasteiger partial charge in [-0.2, -0.15) is 4.31 Å². The van der Waals surface area contributed by atoms with Crippen molar-refractivity contribution in [1.82, 2.24) is 14.2 Å². The van der Waals surface area contributed by atoms with Crippen molar-refractivity contribution in [2.75, 3.05) is 44.2 Å². The molecular weight excluding hydrogens is 527 g/mol. The van der Waals surface area contributed by atoms with E-state index in [0.717, 1.165) is 42.2 Å². The lowest BCUT2D eigenvalue weighted by molar-refractivity contribution is -0.134. The number of carbonyl (C=O) groups excluding carboxylic acids is 1. The molecule has 0 atom stereocenters. The van der Waals surface area contributed by atoms with E-state index in [9.17, 15) is 18.0 Å². The summed E-state index contributed by atoms with van der Waals surface area (Å²) in [5, 5.41) is 0.500. The Morgan fingerprint density at radius 1 is 1.03 bits per heavy atom. The fraction of sp³-hybridized carbons (Fsp3) is 0.375. The van der Waals surface area contributed by atoms with Crippen molar-refractivity contribution >= 4 is 56.6 Å². The van der Waals surface area contributed by atoms with Crippen molar-refractivity contribution in [3.63, 3.8) is 0 Å². The Balaban J connectivity index is 0.00000304. The van der Waals surface area contributed by atoms with Gasteiger partial charge in [-0.1, -0.05) is 11.6 Å². The number of anilines is 1. The number of aromatic nitrogens is 1. The van der Waals surface area contributed by atoms with E-state index in [2.05, 4.69) is 9.88 Å². The van der Waals surface area contributed by atoms with Gasteiger partial charge in [-0.3, -0.25) is 14.6 Å². The van der Waals surface area contributed by atoms with E-state index in [4.69, 9.17) is 16.0 Å². The van der Waals surface area contributed by atoms with Crippen LogP contribution < -0.4 is 10.3 Å². The highest BCUT2D eigenvalue weighted by Crippen LogP contribution is 2.25. The first-order chi connectivity index (χ1) is 16.8. The summed E-state index contributed by atoms with van der Waals surface area (Å²) in [5.74, 6) is 0.105. The summed E-state index contributed by atoms with van der Waals surface area (Å²) in [7, 11) is -4.19. The largest absolute Gasteiger partial charge is 0.463 e. The third-order valence-corrected chi connectivity index (χ3v) is 8.79. The standard InChI is InChI=1S/C24H25ClN4O5S.ClH/c25-18-1-2-20-21(13-18)34-16-22(24(20)31)35(32,33)29-12-11-28(23(30)15-29)14-17-5-9-27(10-6-17)19-3-7-26-8-4-19;/h1-4,7-8,13,16-17H,5-6,9-12,14-15H2;1H. The second-order valence-electron chi connectivity index (χ2n) is 8.88. The van der Waals surface area contributed by atoms with Crippen molar-refractivity contribution in [1.29, 1.82) is 0 Å². The van der Waals surface area contributed by atoms with Crippen molar-refractivity contribution in [2.45, 2.75) is 17.7 Å². The van der Waals surface area contributed by atoms with Crippen LogP contribution in [0.15, 0.2) is 63.1 Å². The molecule has 9 nitrogen and oxygen atoms in total. The third-order valence-electron chi connectivity index (χ3n) is 6.73. The molecule has 0 bridgehead atoms. The molecule has 2 aliphatic heterocycles. The molecule has 0 aliphatic carbocycles. The first-order valence-electron chi connectivity index (χ1n) is 11.5. The lowest BCUT2D eigenvalue weighted by Gasteiger charge is -2.38. The summed E-state index contributed by atoms with van der Waals surface area (Å²) in [6.45, 7) is 2.53. The number of hydrogen-bond donors (Lipinski definition) is 0. The summed E-state index contributed by atoms with van der Waals surface area (Å²) in [4.78, 5) is 33.4. The normalized spacial score (nSPS) is 17.9. The summed E-state index contributed by atoms with van der Waals surface area (Å²) >= 11 is 5.92. The van der Waals surface area contributed by atoms with Crippen LogP contribution in [0.5, 0.6) is 0 Å². The zero-order valence-corrected chi connectivity index (χ0v) is 21.8. The maximum absolute atomic E-state index is 13.2. The average Bonchev–Trinajstić information content (AvgIpc) is 2.86. The van der Waals surface area contributed by atoms with Crippen LogP contribution >= 0.6 is 24.0 Å². The number of fused-ring (bicyclic) bond motifs is 1. The van der Waals surface area contributed by atoms with Gasteiger partial charge in [0.25, 0.3) is 10.0 Å². The molecule has 1 amide bonds. The highest BCUT2D eigenvalue weighted by atomic mass is 35.5. The number of pyridine rings is 1. The van der Waals surface area contributed by atoms with E-state index in [-0.39, 0.29) is 48.9 Å². The Morgan fingerprint density at radius 2 is 1.75 bits per heavy atom. The fourth-order valence-corrected chi connectivity index (χ4v) is 6.28. The molecule has 36 heavy (non-hydrogen) atoms. The van der Waals surface area contributed by atoms with E-state index in [1.807, 2.05) is 12.1 Å². The zero-order valence-electron chi connectivity index (χ0n) is 19.4. The van der Waals surface area contributed by atoms with Crippen molar-refractivity contribution in [3.05, 3.63) is 64.2 Å². The lowest BCUT2D eigenvalue weighted by Crippen LogP contribution is -2.54. The van der Waals surface area contributed by atoms with E-state index in [0.29, 0.717) is 17.5 Å². The Morgan fingerprint density at radius 3 is 2.44 bits per heavy atom. The lowest BCUT2D eigenvalue weighted by atomic mass is 9.95. The van der Waals surface area contributed by atoms with Gasteiger partial charge in [-0.25, -0.2) is 8.42 Å². The average molecular weight is 553 g/mol. The molecule has 0 unspecified atom stereocenters. The third kappa shape index (κ3) is 5.22. The van der Waals surface area contributed by atoms with Crippen LogP contribution in [0, 0.1) is 5.92 Å². The Hall–Kier alpha value is -2.66. The smallest absolute Gasteiger partial charge is 0.250 e. The van der Waals surface area contributed by atoms with Crippen LogP contribution in [0.3, 0.4) is 0 Å². The van der Waals surface area contributed by atoms with Gasteiger partial charge in [0.05, 0.1) is 11.9 Å². The van der Waals surface area contributed by atoms with Gasteiger partial charge < -0.3 is 14.2 Å². The molecule has 3 aromatic rings. The number of piperidine rings is 1. The summed E-state index contributed by atoms with van der Waals surface area (Å²) < 4.78 is 32.8. The highest BCUT2D eigenvalue weighted by Gasteiger charge is 2.36. The monoisotopic (exact) mass is 552 g/mol. The second-order valence-corrected chi connectivity index (χ2v) is 11.2. The number of carbonyl (C=O) groups is 1. The van der Waals surface area contributed by atoms with Gasteiger partial charge in [-0.05, 0) is 43.0 Å². The molecule has 5 rings (SSSR count). The minimum absolute atomic E-state index is 0. The number of hydrogen-bond acceptors (Lipinski definition) is 7. The number of amides is 1. The molecular formula is C24H26Cl2N4O5S. The molecule has 0 N–H and O–H groups in total. The number of sulfonamides is 1. The number of rotatable bonds is 5. The molecule has 1 aromatic carbocycles. The molecule has 2 aromatic heterocycles. The zero-order chi connectivity index (χ0) is 24.6. The van der Waals surface area contributed by atoms with Gasteiger partial charge in [0.15, 0.2) is 4.90 Å². The summed E-state index contributed by atoms with van der Waals surface area (Å²) in [6, 6.07) is 8.38. The fourth-order valence-electron chi connectivity index (χ4n) is 4.73. The molecule has 2 fully saturated rings. The minimum Gasteiger partial charge on any atom is -0.463 e. The predicted octanol–water partition coefficient (Wildman–Crippen LogP) is 3.01. The van der Waals surface area contributed by atoms with Gasteiger partial charge in [0.2, 0.25) is 11.3 Å². The SMILES string of the molecule is Cl.O=C1CN(S(=O)(=O)c2coc3cc(Cl)ccc3c2=O)CCN1CC1CCN(c2ccncc2)CC1. The Bertz CT molecular complexity index is 1410. The highest BCUT2D eigenvalue weighted by molar-refractivity contribution is 7.89. The Labute approximate surface area is 220 Å². The van der Waals surface area contributed by atoms with Crippen molar-refractivity contribution in [2.24, 2.45) is 5.92 Å². The van der Waals surface area contributed by atoms with E-state index in [1.54, 1.807) is 17.3 Å². The molecule has 12 heteroatoms. The maximum Gasteiger partial charge on any atom is 0.250 e. The van der Waals surface area contributed by atoms with Gasteiger partial charge in [0.1, 0.15) is 11.8 Å². The molecule has 192 valence electrons. The van der Waals surface area contributed by atoms with Crippen molar-refractivity contribution < 1.29 is 17.6 Å². The maximum atomic E-state index is 13.2. The van der Waals surface area contributed by atoms with E-state index >= 15 is 0 Å².